The molecule has 1 heterocycles. The van der Waals surface area contributed by atoms with Crippen molar-refractivity contribution in [2.24, 2.45) is 0 Å². The monoisotopic (exact) mass is 275 g/mol. The number of hydrogen-bond acceptors (Lipinski definition) is 2. The van der Waals surface area contributed by atoms with Crippen molar-refractivity contribution in [3.8, 4) is 5.69 Å². The predicted octanol–water partition coefficient (Wildman–Crippen LogP) is 2.77. The van der Waals surface area contributed by atoms with Crippen LogP contribution in [0.4, 0.5) is 4.39 Å². The Kier molecular flexibility index (Phi) is 3.88. The highest BCUT2D eigenvalue weighted by molar-refractivity contribution is 5.96. The SMILES string of the molecule is Cc1nn(-c2ccc(F)cc2)c(C)c1C(=O)NC(C)C. The number of nitrogens with one attached hydrogen (secondary N) is 1. The third-order valence-electron chi connectivity index (χ3n) is 3.01. The van der Waals surface area contributed by atoms with Crippen molar-refractivity contribution in [2.45, 2.75) is 33.7 Å². The van der Waals surface area contributed by atoms with Crippen LogP contribution in [0.1, 0.15) is 35.6 Å². The van der Waals surface area contributed by atoms with Gasteiger partial charge in [0.15, 0.2) is 0 Å². The average molecular weight is 275 g/mol. The predicted molar refractivity (Wildman–Crippen MR) is 75.6 cm³/mol. The van der Waals surface area contributed by atoms with Gasteiger partial charge < -0.3 is 5.32 Å². The first kappa shape index (κ1) is 14.2. The maximum Gasteiger partial charge on any atom is 0.255 e. The molecule has 0 saturated heterocycles. The lowest BCUT2D eigenvalue weighted by molar-refractivity contribution is 0.0942. The number of benzene rings is 1. The standard InChI is InChI=1S/C15H18FN3O/c1-9(2)17-15(20)14-10(3)18-19(11(14)4)13-7-5-12(16)6-8-13/h5-9H,1-4H3,(H,17,20). The second kappa shape index (κ2) is 5.45. The Morgan fingerprint density at radius 1 is 1.25 bits per heavy atom. The van der Waals surface area contributed by atoms with E-state index in [1.807, 2.05) is 20.8 Å². The Hall–Kier alpha value is -2.17. The molecule has 2 rings (SSSR count). The van der Waals surface area contributed by atoms with Crippen molar-refractivity contribution < 1.29 is 9.18 Å². The topological polar surface area (TPSA) is 46.9 Å². The largest absolute Gasteiger partial charge is 0.350 e. The molecule has 0 spiro atoms. The van der Waals surface area contributed by atoms with E-state index in [9.17, 15) is 9.18 Å². The molecule has 20 heavy (non-hydrogen) atoms. The molecule has 0 unspecified atom stereocenters. The molecular formula is C15H18FN3O. The van der Waals surface area contributed by atoms with Gasteiger partial charge in [-0.3, -0.25) is 4.79 Å². The summed E-state index contributed by atoms with van der Waals surface area (Å²) in [6.45, 7) is 7.45. The molecule has 0 aliphatic rings. The minimum absolute atomic E-state index is 0.0653. The minimum atomic E-state index is -0.298. The van der Waals surface area contributed by atoms with Gasteiger partial charge in [-0.25, -0.2) is 9.07 Å². The number of halogens is 1. The van der Waals surface area contributed by atoms with Crippen LogP contribution in [0.3, 0.4) is 0 Å². The zero-order valence-electron chi connectivity index (χ0n) is 12.1. The fourth-order valence-corrected chi connectivity index (χ4v) is 2.14. The second-order valence-corrected chi connectivity index (χ2v) is 5.06. The number of nitrogens with zero attached hydrogens (tertiary/aromatic N) is 2. The fourth-order valence-electron chi connectivity index (χ4n) is 2.14. The normalized spacial score (nSPS) is 10.9. The third-order valence-corrected chi connectivity index (χ3v) is 3.01. The Labute approximate surface area is 117 Å². The molecule has 1 amide bonds. The van der Waals surface area contributed by atoms with Gasteiger partial charge in [0, 0.05) is 6.04 Å². The quantitative estimate of drug-likeness (QED) is 0.936. The number of aryl methyl sites for hydroxylation is 1. The number of carbonyl (C=O) groups excluding carboxylic acids is 1. The van der Waals surface area contributed by atoms with Crippen LogP contribution in [-0.4, -0.2) is 21.7 Å². The first-order chi connectivity index (χ1) is 9.40. The van der Waals surface area contributed by atoms with Crippen molar-refractivity contribution in [1.82, 2.24) is 15.1 Å². The van der Waals surface area contributed by atoms with Gasteiger partial charge in [-0.05, 0) is 52.0 Å². The molecule has 0 aliphatic carbocycles. The van der Waals surface area contributed by atoms with E-state index in [4.69, 9.17) is 0 Å². The van der Waals surface area contributed by atoms with Crippen molar-refractivity contribution >= 4 is 5.91 Å². The molecule has 0 fully saturated rings. The summed E-state index contributed by atoms with van der Waals surface area (Å²) in [5.74, 6) is -0.434. The van der Waals surface area contributed by atoms with E-state index in [-0.39, 0.29) is 17.8 Å². The highest BCUT2D eigenvalue weighted by atomic mass is 19.1. The molecule has 1 N–H and O–H groups in total. The molecule has 0 bridgehead atoms. The maximum absolute atomic E-state index is 13.0. The van der Waals surface area contributed by atoms with E-state index in [0.29, 0.717) is 11.3 Å². The van der Waals surface area contributed by atoms with Crippen molar-refractivity contribution in [2.75, 3.05) is 0 Å². The minimum Gasteiger partial charge on any atom is -0.350 e. The zero-order valence-corrected chi connectivity index (χ0v) is 12.1. The lowest BCUT2D eigenvalue weighted by Gasteiger charge is -2.09. The van der Waals surface area contributed by atoms with Crippen molar-refractivity contribution in [3.05, 3.63) is 47.0 Å². The Balaban J connectivity index is 2.43. The van der Waals surface area contributed by atoms with E-state index in [0.717, 1.165) is 11.4 Å². The highest BCUT2D eigenvalue weighted by Crippen LogP contribution is 2.18. The van der Waals surface area contributed by atoms with E-state index in [2.05, 4.69) is 10.4 Å². The van der Waals surface area contributed by atoms with Crippen molar-refractivity contribution in [1.29, 1.82) is 0 Å². The molecule has 2 aromatic rings. The van der Waals surface area contributed by atoms with Crippen LogP contribution >= 0.6 is 0 Å². The van der Waals surface area contributed by atoms with Gasteiger partial charge in [0.2, 0.25) is 0 Å². The van der Waals surface area contributed by atoms with Crippen LogP contribution in [0.5, 0.6) is 0 Å². The van der Waals surface area contributed by atoms with Crippen LogP contribution in [0.15, 0.2) is 24.3 Å². The summed E-state index contributed by atoms with van der Waals surface area (Å²) in [6.07, 6.45) is 0. The second-order valence-electron chi connectivity index (χ2n) is 5.06. The summed E-state index contributed by atoms with van der Waals surface area (Å²) in [5.41, 5.74) is 2.70. The molecular weight excluding hydrogens is 257 g/mol. The maximum atomic E-state index is 13.0. The molecule has 0 saturated carbocycles. The Morgan fingerprint density at radius 3 is 2.40 bits per heavy atom. The van der Waals surface area contributed by atoms with Crippen LogP contribution in [0, 0.1) is 19.7 Å². The fraction of sp³-hybridized carbons (Fsp3) is 0.333. The third kappa shape index (κ3) is 2.71. The molecule has 0 aliphatic heterocycles. The Bertz CT molecular complexity index is 629. The number of carbonyl (C=O) groups is 1. The van der Waals surface area contributed by atoms with Gasteiger partial charge in [0.05, 0.1) is 22.6 Å². The molecule has 1 aromatic heterocycles. The first-order valence-electron chi connectivity index (χ1n) is 6.53. The number of aromatic nitrogens is 2. The lowest BCUT2D eigenvalue weighted by Crippen LogP contribution is -2.30. The highest BCUT2D eigenvalue weighted by Gasteiger charge is 2.19. The summed E-state index contributed by atoms with van der Waals surface area (Å²) in [4.78, 5) is 12.2. The summed E-state index contributed by atoms with van der Waals surface area (Å²) in [7, 11) is 0. The first-order valence-corrected chi connectivity index (χ1v) is 6.53. The molecule has 4 nitrogen and oxygen atoms in total. The Morgan fingerprint density at radius 2 is 1.85 bits per heavy atom. The van der Waals surface area contributed by atoms with Gasteiger partial charge in [-0.2, -0.15) is 5.10 Å². The summed E-state index contributed by atoms with van der Waals surface area (Å²) in [6, 6.07) is 6.09. The molecule has 5 heteroatoms. The molecule has 0 atom stereocenters. The van der Waals surface area contributed by atoms with Gasteiger partial charge in [0.25, 0.3) is 5.91 Å². The zero-order chi connectivity index (χ0) is 14.9. The number of rotatable bonds is 3. The van der Waals surface area contributed by atoms with Gasteiger partial charge in [-0.1, -0.05) is 0 Å². The van der Waals surface area contributed by atoms with E-state index < -0.39 is 0 Å². The summed E-state index contributed by atoms with van der Waals surface area (Å²) >= 11 is 0. The van der Waals surface area contributed by atoms with Crippen LogP contribution < -0.4 is 5.32 Å². The average Bonchev–Trinajstić information content (AvgIpc) is 2.65. The molecule has 1 aromatic carbocycles. The van der Waals surface area contributed by atoms with E-state index in [1.54, 1.807) is 23.7 Å². The summed E-state index contributed by atoms with van der Waals surface area (Å²) < 4.78 is 14.6. The van der Waals surface area contributed by atoms with Crippen LogP contribution in [0.25, 0.3) is 5.69 Å². The van der Waals surface area contributed by atoms with Crippen LogP contribution in [-0.2, 0) is 0 Å². The lowest BCUT2D eigenvalue weighted by atomic mass is 10.1. The van der Waals surface area contributed by atoms with Gasteiger partial charge in [0.1, 0.15) is 5.82 Å². The van der Waals surface area contributed by atoms with Gasteiger partial charge >= 0.3 is 0 Å². The van der Waals surface area contributed by atoms with Crippen LogP contribution in [0.2, 0.25) is 0 Å². The van der Waals surface area contributed by atoms with Crippen molar-refractivity contribution in [3.63, 3.8) is 0 Å². The summed E-state index contributed by atoms with van der Waals surface area (Å²) in [5, 5.41) is 7.23. The van der Waals surface area contributed by atoms with Gasteiger partial charge in [-0.15, -0.1) is 0 Å². The van der Waals surface area contributed by atoms with E-state index >= 15 is 0 Å². The molecule has 0 radical (unpaired) electrons. The number of amides is 1. The molecule has 106 valence electrons. The van der Waals surface area contributed by atoms with E-state index in [1.165, 1.54) is 12.1 Å². The smallest absolute Gasteiger partial charge is 0.255 e. The number of hydrogen-bond donors (Lipinski definition) is 1.